The second-order valence-electron chi connectivity index (χ2n) is 4.68. The van der Waals surface area contributed by atoms with Crippen LogP contribution in [0.15, 0.2) is 58.6 Å². The van der Waals surface area contributed by atoms with Crippen LogP contribution >= 0.6 is 23.5 Å². The van der Waals surface area contributed by atoms with E-state index in [-0.39, 0.29) is 5.91 Å². The fourth-order valence-corrected chi connectivity index (χ4v) is 3.13. The molecule has 0 saturated heterocycles. The summed E-state index contributed by atoms with van der Waals surface area (Å²) in [5, 5.41) is 14.3. The summed E-state index contributed by atoms with van der Waals surface area (Å²) in [7, 11) is 0. The minimum atomic E-state index is -0.0808. The lowest BCUT2D eigenvalue weighted by molar-refractivity contribution is -0.396. The molecule has 0 radical (unpaired) electrons. The first-order valence-electron chi connectivity index (χ1n) is 6.83. The first kappa shape index (κ1) is 15.5. The summed E-state index contributed by atoms with van der Waals surface area (Å²) < 4.78 is 0. The molecule has 0 bridgehead atoms. The van der Waals surface area contributed by atoms with Gasteiger partial charge in [0.25, 0.3) is 0 Å². The highest BCUT2D eigenvalue weighted by Crippen LogP contribution is 2.20. The third-order valence-corrected chi connectivity index (χ3v) is 4.57. The number of H-pyrrole nitrogens is 2. The van der Waals surface area contributed by atoms with Crippen LogP contribution in [-0.4, -0.2) is 16.6 Å². The van der Waals surface area contributed by atoms with Gasteiger partial charge >= 0.3 is 5.16 Å². The molecular formula is C16H13N4OS2+. The molecule has 7 heteroatoms. The molecule has 1 aromatic heterocycles. The van der Waals surface area contributed by atoms with Crippen molar-refractivity contribution in [1.29, 1.82) is 5.26 Å². The first-order valence-corrected chi connectivity index (χ1v) is 8.63. The van der Waals surface area contributed by atoms with Crippen molar-refractivity contribution in [3.05, 3.63) is 48.5 Å². The van der Waals surface area contributed by atoms with Crippen molar-refractivity contribution >= 4 is 46.2 Å². The number of thiocyanates is 1. The normalized spacial score (nSPS) is 10.4. The number of rotatable bonds is 5. The number of fused-ring (bicyclic) bond motifs is 1. The Morgan fingerprint density at radius 3 is 2.74 bits per heavy atom. The van der Waals surface area contributed by atoms with Crippen LogP contribution in [0.5, 0.6) is 0 Å². The zero-order chi connectivity index (χ0) is 16.1. The summed E-state index contributed by atoms with van der Waals surface area (Å²) in [6.45, 7) is 0. The molecule has 0 aliphatic rings. The maximum absolute atomic E-state index is 12.0. The summed E-state index contributed by atoms with van der Waals surface area (Å²) in [6, 6.07) is 15.1. The molecule has 3 aromatic rings. The summed E-state index contributed by atoms with van der Waals surface area (Å²) >= 11 is 2.51. The van der Waals surface area contributed by atoms with Gasteiger partial charge in [0.15, 0.2) is 11.0 Å². The SMILES string of the molecule is N#CSc1ccc(NC(=O)CSc2[nH]c3ccccc3[nH+]2)cc1. The number of imidazole rings is 1. The highest BCUT2D eigenvalue weighted by Gasteiger charge is 2.12. The number of benzene rings is 2. The fourth-order valence-electron chi connectivity index (χ4n) is 2.04. The highest BCUT2D eigenvalue weighted by molar-refractivity contribution is 8.03. The van der Waals surface area contributed by atoms with E-state index in [1.54, 1.807) is 12.1 Å². The van der Waals surface area contributed by atoms with Crippen LogP contribution in [0.3, 0.4) is 0 Å². The van der Waals surface area contributed by atoms with E-state index in [4.69, 9.17) is 5.26 Å². The van der Waals surface area contributed by atoms with Gasteiger partial charge in [0.05, 0.1) is 5.75 Å². The largest absolute Gasteiger partial charge is 0.325 e. The van der Waals surface area contributed by atoms with Gasteiger partial charge in [0, 0.05) is 10.6 Å². The van der Waals surface area contributed by atoms with Gasteiger partial charge in [-0.25, -0.2) is 9.97 Å². The smallest absolute Gasteiger partial charge is 0.315 e. The molecular weight excluding hydrogens is 328 g/mol. The summed E-state index contributed by atoms with van der Waals surface area (Å²) in [6.07, 6.45) is 0. The number of carbonyl (C=O) groups excluding carboxylic acids is 1. The van der Waals surface area contributed by atoms with Gasteiger partial charge in [0.2, 0.25) is 5.91 Å². The van der Waals surface area contributed by atoms with Crippen molar-refractivity contribution < 1.29 is 9.78 Å². The van der Waals surface area contributed by atoms with Crippen molar-refractivity contribution in [2.24, 2.45) is 0 Å². The van der Waals surface area contributed by atoms with Gasteiger partial charge in [0.1, 0.15) is 5.40 Å². The van der Waals surface area contributed by atoms with E-state index in [9.17, 15) is 4.79 Å². The van der Waals surface area contributed by atoms with Crippen LogP contribution in [0, 0.1) is 10.7 Å². The lowest BCUT2D eigenvalue weighted by Crippen LogP contribution is -2.15. The number of nitriles is 1. The van der Waals surface area contributed by atoms with Crippen LogP contribution in [0.25, 0.3) is 11.0 Å². The molecule has 0 unspecified atom stereocenters. The van der Waals surface area contributed by atoms with Crippen LogP contribution in [0.1, 0.15) is 0 Å². The molecule has 23 heavy (non-hydrogen) atoms. The van der Waals surface area contributed by atoms with E-state index in [1.165, 1.54) is 11.8 Å². The number of carbonyl (C=O) groups is 1. The molecule has 1 amide bonds. The Morgan fingerprint density at radius 2 is 2.00 bits per heavy atom. The number of amides is 1. The molecule has 0 spiro atoms. The lowest BCUT2D eigenvalue weighted by Gasteiger charge is -2.03. The third-order valence-electron chi connectivity index (χ3n) is 3.07. The molecule has 0 aliphatic heterocycles. The summed E-state index contributed by atoms with van der Waals surface area (Å²) in [4.78, 5) is 19.3. The number of nitrogens with zero attached hydrogens (tertiary/aromatic N) is 1. The van der Waals surface area contributed by atoms with E-state index in [1.807, 2.05) is 41.8 Å². The Kier molecular flexibility index (Phi) is 4.86. The molecule has 0 saturated carbocycles. The number of nitrogens with one attached hydrogen (secondary N) is 3. The van der Waals surface area contributed by atoms with Gasteiger partial charge in [-0.15, -0.1) is 0 Å². The minimum Gasteiger partial charge on any atom is -0.325 e. The average molecular weight is 341 g/mol. The number of thioether (sulfide) groups is 2. The maximum atomic E-state index is 12.0. The Hall–Kier alpha value is -2.43. The van der Waals surface area contributed by atoms with Crippen LogP contribution in [-0.2, 0) is 4.79 Å². The first-order chi connectivity index (χ1) is 11.2. The quantitative estimate of drug-likeness (QED) is 0.551. The third kappa shape index (κ3) is 4.06. The summed E-state index contributed by atoms with van der Waals surface area (Å²) in [5.74, 6) is 0.223. The molecule has 5 nitrogen and oxygen atoms in total. The monoisotopic (exact) mass is 341 g/mol. The molecule has 3 N–H and O–H groups in total. The second kappa shape index (κ2) is 7.22. The maximum Gasteiger partial charge on any atom is 0.315 e. The van der Waals surface area contributed by atoms with Crippen molar-refractivity contribution in [3.8, 4) is 5.40 Å². The molecule has 0 fully saturated rings. The highest BCUT2D eigenvalue weighted by atomic mass is 32.2. The number of anilines is 1. The minimum absolute atomic E-state index is 0.0808. The van der Waals surface area contributed by atoms with Crippen LogP contribution < -0.4 is 10.3 Å². The Balaban J connectivity index is 1.55. The van der Waals surface area contributed by atoms with Crippen LogP contribution in [0.4, 0.5) is 5.69 Å². The molecule has 2 aromatic carbocycles. The topological polar surface area (TPSA) is 82.8 Å². The van der Waals surface area contributed by atoms with E-state index in [0.717, 1.165) is 38.5 Å². The van der Waals surface area contributed by atoms with Crippen molar-refractivity contribution in [2.75, 3.05) is 11.1 Å². The van der Waals surface area contributed by atoms with E-state index >= 15 is 0 Å². The average Bonchev–Trinajstić information content (AvgIpc) is 2.98. The second-order valence-corrected chi connectivity index (χ2v) is 6.52. The van der Waals surface area contributed by atoms with Gasteiger partial charge < -0.3 is 5.32 Å². The van der Waals surface area contributed by atoms with Crippen molar-refractivity contribution in [1.82, 2.24) is 4.98 Å². The summed E-state index contributed by atoms with van der Waals surface area (Å²) in [5.41, 5.74) is 2.75. The number of aromatic amines is 2. The lowest BCUT2D eigenvalue weighted by atomic mass is 10.3. The number of hydrogen-bond donors (Lipinski definition) is 2. The Bertz CT molecular complexity index is 835. The molecule has 1 heterocycles. The number of aromatic nitrogens is 2. The van der Waals surface area contributed by atoms with Gasteiger partial charge in [-0.2, -0.15) is 5.26 Å². The van der Waals surface area contributed by atoms with Crippen LogP contribution in [0.2, 0.25) is 0 Å². The fraction of sp³-hybridized carbons (Fsp3) is 0.0625. The zero-order valence-electron chi connectivity index (χ0n) is 12.0. The van der Waals surface area contributed by atoms with Gasteiger partial charge in [-0.3, -0.25) is 4.79 Å². The van der Waals surface area contributed by atoms with Gasteiger partial charge in [-0.1, -0.05) is 12.1 Å². The number of hydrogen-bond acceptors (Lipinski definition) is 4. The standard InChI is InChI=1S/C16H12N4OS2/c17-10-23-12-7-5-11(6-8-12)18-15(21)9-22-16-19-13-3-1-2-4-14(13)20-16/h1-8H,9H2,(H,18,21)(H,19,20)/p+1. The van der Waals surface area contributed by atoms with E-state index < -0.39 is 0 Å². The zero-order valence-corrected chi connectivity index (χ0v) is 13.6. The van der Waals surface area contributed by atoms with E-state index in [0.29, 0.717) is 5.75 Å². The molecule has 3 rings (SSSR count). The molecule has 114 valence electrons. The predicted molar refractivity (Wildman–Crippen MR) is 92.1 cm³/mol. The molecule has 0 aliphatic carbocycles. The molecule has 0 atom stereocenters. The number of para-hydroxylation sites is 2. The van der Waals surface area contributed by atoms with Crippen molar-refractivity contribution in [2.45, 2.75) is 10.1 Å². The predicted octanol–water partition coefficient (Wildman–Crippen LogP) is 3.29. The van der Waals surface area contributed by atoms with E-state index in [2.05, 4.69) is 15.3 Å². The Morgan fingerprint density at radius 1 is 1.22 bits per heavy atom. The van der Waals surface area contributed by atoms with Gasteiger partial charge in [-0.05, 0) is 59.9 Å². The van der Waals surface area contributed by atoms with Crippen molar-refractivity contribution in [3.63, 3.8) is 0 Å². The Labute approximate surface area is 141 Å².